The maximum absolute atomic E-state index is 13.2. The van der Waals surface area contributed by atoms with Gasteiger partial charge in [0.05, 0.1) is 0 Å². The van der Waals surface area contributed by atoms with Crippen molar-refractivity contribution in [3.05, 3.63) is 69.8 Å². The molecule has 0 aliphatic carbocycles. The highest BCUT2D eigenvalue weighted by atomic mass is 16.2. The Morgan fingerprint density at radius 3 is 1.36 bits per heavy atom. The molecular formula is C34H50N2O3. The molecule has 2 amide bonds. The molecule has 0 saturated heterocycles. The highest BCUT2D eigenvalue weighted by Crippen LogP contribution is 2.27. The van der Waals surface area contributed by atoms with E-state index in [0.29, 0.717) is 17.5 Å². The van der Waals surface area contributed by atoms with Gasteiger partial charge in [0.2, 0.25) is 0 Å². The Hall–Kier alpha value is -2.95. The molecule has 2 aromatic rings. The van der Waals surface area contributed by atoms with E-state index >= 15 is 0 Å². The molecule has 0 aliphatic heterocycles. The van der Waals surface area contributed by atoms with Crippen molar-refractivity contribution in [1.29, 1.82) is 0 Å². The van der Waals surface area contributed by atoms with Gasteiger partial charge in [-0.3, -0.25) is 14.4 Å². The second-order valence-electron chi connectivity index (χ2n) is 14.9. The number of carbonyl (C=O) groups excluding carboxylic acids is 3. The number of nitrogens with one attached hydrogen (secondary N) is 2. The maximum Gasteiger partial charge on any atom is 0.251 e. The zero-order chi connectivity index (χ0) is 30.0. The smallest absolute Gasteiger partial charge is 0.251 e. The highest BCUT2D eigenvalue weighted by molar-refractivity contribution is 5.98. The van der Waals surface area contributed by atoms with Crippen LogP contribution in [0.15, 0.2) is 36.4 Å². The number of ketones is 1. The SMILES string of the molecule is CC(C)(C)NC(=O)c1cc(C(C)(C)C)ccc1CCC(=O)Cc1ccc(C(C)(C)C)cc1C(=O)NC(C)(C)C. The Bertz CT molecular complexity index is 1210. The van der Waals surface area contributed by atoms with Crippen LogP contribution in [-0.2, 0) is 28.5 Å². The fourth-order valence-corrected chi connectivity index (χ4v) is 4.27. The fraction of sp³-hybridized carbons (Fsp3) is 0.559. The molecule has 2 rings (SSSR count). The monoisotopic (exact) mass is 534 g/mol. The van der Waals surface area contributed by atoms with E-state index in [4.69, 9.17) is 0 Å². The highest BCUT2D eigenvalue weighted by Gasteiger charge is 2.24. The van der Waals surface area contributed by atoms with Crippen molar-refractivity contribution in [3.8, 4) is 0 Å². The summed E-state index contributed by atoms with van der Waals surface area (Å²) in [6.07, 6.45) is 0.909. The summed E-state index contributed by atoms with van der Waals surface area (Å²) in [5.41, 5.74) is 3.88. The van der Waals surface area contributed by atoms with Gasteiger partial charge in [-0.15, -0.1) is 0 Å². The molecule has 0 aromatic heterocycles. The molecule has 0 saturated carbocycles. The van der Waals surface area contributed by atoms with Gasteiger partial charge in [0.1, 0.15) is 5.78 Å². The van der Waals surface area contributed by atoms with Crippen molar-refractivity contribution in [1.82, 2.24) is 10.6 Å². The molecule has 2 aromatic carbocycles. The van der Waals surface area contributed by atoms with E-state index in [9.17, 15) is 14.4 Å². The average molecular weight is 535 g/mol. The Morgan fingerprint density at radius 2 is 0.974 bits per heavy atom. The quantitative estimate of drug-likeness (QED) is 0.398. The molecule has 0 heterocycles. The molecule has 0 radical (unpaired) electrons. The maximum atomic E-state index is 13.2. The molecule has 5 heteroatoms. The summed E-state index contributed by atoms with van der Waals surface area (Å²) in [5.74, 6) is -0.268. The zero-order valence-corrected chi connectivity index (χ0v) is 26.3. The molecule has 0 unspecified atom stereocenters. The number of aryl methyl sites for hydroxylation is 1. The average Bonchev–Trinajstić information content (AvgIpc) is 2.74. The third kappa shape index (κ3) is 9.94. The van der Waals surface area contributed by atoms with Crippen LogP contribution >= 0.6 is 0 Å². The van der Waals surface area contributed by atoms with Gasteiger partial charge >= 0.3 is 0 Å². The number of hydrogen-bond acceptors (Lipinski definition) is 3. The lowest BCUT2D eigenvalue weighted by atomic mass is 9.83. The van der Waals surface area contributed by atoms with Gasteiger partial charge in [0, 0.05) is 35.0 Å². The van der Waals surface area contributed by atoms with Crippen molar-refractivity contribution in [2.75, 3.05) is 0 Å². The third-order valence-electron chi connectivity index (χ3n) is 6.48. The Balaban J connectivity index is 2.33. The third-order valence-corrected chi connectivity index (χ3v) is 6.48. The first-order valence-electron chi connectivity index (χ1n) is 14.0. The van der Waals surface area contributed by atoms with Gasteiger partial charge in [-0.2, -0.15) is 0 Å². The summed E-state index contributed by atoms with van der Waals surface area (Å²) in [6, 6.07) is 11.8. The summed E-state index contributed by atoms with van der Waals surface area (Å²) in [6.45, 7) is 24.4. The van der Waals surface area contributed by atoms with E-state index in [1.807, 2.05) is 77.9 Å². The van der Waals surface area contributed by atoms with Crippen LogP contribution in [-0.4, -0.2) is 28.7 Å². The van der Waals surface area contributed by atoms with Crippen molar-refractivity contribution in [2.24, 2.45) is 0 Å². The Labute approximate surface area is 236 Å². The van der Waals surface area contributed by atoms with Crippen molar-refractivity contribution in [3.63, 3.8) is 0 Å². The lowest BCUT2D eigenvalue weighted by Gasteiger charge is -2.25. The van der Waals surface area contributed by atoms with Crippen LogP contribution in [0, 0.1) is 0 Å². The van der Waals surface area contributed by atoms with Gasteiger partial charge in [-0.1, -0.05) is 65.8 Å². The standard InChI is InChI=1S/C34H50N2O3/c1-31(2,3)24-16-13-22(27(20-24)29(38)35-33(7,8)9)15-18-26(37)19-23-14-17-25(32(4,5)6)21-28(23)30(39)36-34(10,11)12/h13-14,16-17,20-21H,15,18-19H2,1-12H3,(H,35,38)(H,36,39). The topological polar surface area (TPSA) is 75.3 Å². The summed E-state index contributed by atoms with van der Waals surface area (Å²) in [5, 5.41) is 6.12. The van der Waals surface area contributed by atoms with Crippen LogP contribution in [0.4, 0.5) is 0 Å². The van der Waals surface area contributed by atoms with E-state index in [-0.39, 0.29) is 52.3 Å². The molecule has 0 aliphatic rings. The minimum atomic E-state index is -0.390. The van der Waals surface area contributed by atoms with Gasteiger partial charge in [0.25, 0.3) is 11.8 Å². The van der Waals surface area contributed by atoms with Crippen LogP contribution in [0.2, 0.25) is 0 Å². The number of carbonyl (C=O) groups is 3. The second kappa shape index (κ2) is 11.7. The Kier molecular flexibility index (Phi) is 9.64. The van der Waals surface area contributed by atoms with Gasteiger partial charge in [-0.05, 0) is 93.2 Å². The van der Waals surface area contributed by atoms with E-state index in [1.54, 1.807) is 0 Å². The summed E-state index contributed by atoms with van der Waals surface area (Å²) < 4.78 is 0. The molecule has 0 fully saturated rings. The first-order valence-corrected chi connectivity index (χ1v) is 14.0. The normalized spacial score (nSPS) is 12.7. The van der Waals surface area contributed by atoms with Crippen LogP contribution in [0.25, 0.3) is 0 Å². The fourth-order valence-electron chi connectivity index (χ4n) is 4.27. The van der Waals surface area contributed by atoms with Gasteiger partial charge in [0.15, 0.2) is 0 Å². The summed E-state index contributed by atoms with van der Waals surface area (Å²) in [7, 11) is 0. The lowest BCUT2D eigenvalue weighted by molar-refractivity contribution is -0.118. The Morgan fingerprint density at radius 1 is 0.590 bits per heavy atom. The van der Waals surface area contributed by atoms with Crippen LogP contribution in [0.5, 0.6) is 0 Å². The first-order chi connectivity index (χ1) is 17.6. The van der Waals surface area contributed by atoms with Crippen LogP contribution < -0.4 is 10.6 Å². The lowest BCUT2D eigenvalue weighted by Crippen LogP contribution is -2.41. The van der Waals surface area contributed by atoms with Crippen LogP contribution in [0.3, 0.4) is 0 Å². The van der Waals surface area contributed by atoms with Crippen molar-refractivity contribution in [2.45, 2.75) is 124 Å². The molecule has 5 nitrogen and oxygen atoms in total. The van der Waals surface area contributed by atoms with Gasteiger partial charge < -0.3 is 10.6 Å². The van der Waals surface area contributed by atoms with E-state index in [1.165, 1.54) is 0 Å². The molecule has 0 atom stereocenters. The molecular weight excluding hydrogens is 484 g/mol. The second-order valence-corrected chi connectivity index (χ2v) is 14.9. The predicted octanol–water partition coefficient (Wildman–Crippen LogP) is 7.08. The minimum Gasteiger partial charge on any atom is -0.347 e. The molecule has 2 N–H and O–H groups in total. The largest absolute Gasteiger partial charge is 0.347 e. The van der Waals surface area contributed by atoms with E-state index in [2.05, 4.69) is 52.2 Å². The number of rotatable bonds is 7. The minimum absolute atomic E-state index is 0.0328. The first kappa shape index (κ1) is 32.3. The predicted molar refractivity (Wildman–Crippen MR) is 162 cm³/mol. The number of amides is 2. The molecule has 0 bridgehead atoms. The van der Waals surface area contributed by atoms with Crippen molar-refractivity contribution < 1.29 is 14.4 Å². The molecule has 214 valence electrons. The molecule has 39 heavy (non-hydrogen) atoms. The summed E-state index contributed by atoms with van der Waals surface area (Å²) >= 11 is 0. The van der Waals surface area contributed by atoms with Gasteiger partial charge in [-0.25, -0.2) is 0 Å². The van der Waals surface area contributed by atoms with Crippen LogP contribution in [0.1, 0.15) is 132 Å². The van der Waals surface area contributed by atoms with Crippen molar-refractivity contribution >= 4 is 17.6 Å². The number of Topliss-reactive ketones (excluding diaryl/α,β-unsaturated/α-hetero) is 1. The van der Waals surface area contributed by atoms with E-state index in [0.717, 1.165) is 22.3 Å². The summed E-state index contributed by atoms with van der Waals surface area (Å²) in [4.78, 5) is 39.6. The zero-order valence-electron chi connectivity index (χ0n) is 26.3. The van der Waals surface area contributed by atoms with E-state index < -0.39 is 0 Å². The number of hydrogen-bond donors (Lipinski definition) is 2. The molecule has 0 spiro atoms. The number of benzene rings is 2.